The number of aryl methyl sites for hydroxylation is 1. The van der Waals surface area contributed by atoms with Crippen molar-refractivity contribution >= 4 is 17.6 Å². The lowest BCUT2D eigenvalue weighted by molar-refractivity contribution is -0.0511. The number of rotatable bonds is 6. The molecule has 0 unspecified atom stereocenters. The number of nitrogens with one attached hydrogen (secondary N) is 2. The molecule has 0 aliphatic carbocycles. The molecule has 0 aliphatic rings. The molecule has 1 heterocycles. The molecule has 0 bridgehead atoms. The molecule has 2 rings (SSSR count). The van der Waals surface area contributed by atoms with E-state index in [1.807, 2.05) is 0 Å². The number of methoxy groups -OCH3 is 2. The van der Waals surface area contributed by atoms with Gasteiger partial charge in [0.1, 0.15) is 5.69 Å². The topological polar surface area (TPSA) is 89.7 Å². The van der Waals surface area contributed by atoms with Crippen LogP contribution in [0.3, 0.4) is 0 Å². The minimum atomic E-state index is -3.04. The number of esters is 1. The number of ether oxygens (including phenoxy) is 3. The van der Waals surface area contributed by atoms with E-state index in [0.29, 0.717) is 11.3 Å². The molecule has 0 aliphatic heterocycles. The average molecular weight is 368 g/mol. The Hall–Kier alpha value is -3.10. The smallest absolute Gasteiger partial charge is 0.387 e. The number of hydrogen-bond acceptors (Lipinski definition) is 5. The number of aromatic amines is 1. The summed E-state index contributed by atoms with van der Waals surface area (Å²) in [5.41, 5.74) is 1.56. The number of carbonyl (C=O) groups is 2. The van der Waals surface area contributed by atoms with Crippen LogP contribution in [0.1, 0.15) is 32.1 Å². The van der Waals surface area contributed by atoms with E-state index in [2.05, 4.69) is 15.0 Å². The van der Waals surface area contributed by atoms with Crippen molar-refractivity contribution in [2.75, 3.05) is 19.5 Å². The second-order valence-corrected chi connectivity index (χ2v) is 5.31. The number of alkyl halides is 2. The Morgan fingerprint density at radius 1 is 1.15 bits per heavy atom. The lowest BCUT2D eigenvalue weighted by Gasteiger charge is -2.12. The SMILES string of the molecule is COC(=O)c1c(C)[nH]c(C(=O)Nc2ccc(OC)c(OC(F)F)c2)c1C. The maximum atomic E-state index is 12.5. The summed E-state index contributed by atoms with van der Waals surface area (Å²) in [4.78, 5) is 27.1. The second-order valence-electron chi connectivity index (χ2n) is 5.31. The van der Waals surface area contributed by atoms with Gasteiger partial charge in [0.25, 0.3) is 5.91 Å². The Balaban J connectivity index is 2.29. The number of benzene rings is 1. The molecule has 0 fully saturated rings. The van der Waals surface area contributed by atoms with E-state index in [1.165, 1.54) is 32.4 Å². The molecule has 1 aromatic carbocycles. The van der Waals surface area contributed by atoms with Gasteiger partial charge in [-0.2, -0.15) is 8.78 Å². The summed E-state index contributed by atoms with van der Waals surface area (Å²) in [5, 5.41) is 2.56. The van der Waals surface area contributed by atoms with Crippen molar-refractivity contribution in [1.82, 2.24) is 4.98 Å². The Morgan fingerprint density at radius 3 is 2.42 bits per heavy atom. The van der Waals surface area contributed by atoms with Crippen LogP contribution in [-0.2, 0) is 4.74 Å². The van der Waals surface area contributed by atoms with Crippen LogP contribution < -0.4 is 14.8 Å². The zero-order valence-corrected chi connectivity index (χ0v) is 14.6. The summed E-state index contributed by atoms with van der Waals surface area (Å²) in [5.74, 6) is -1.22. The van der Waals surface area contributed by atoms with E-state index in [0.717, 1.165) is 0 Å². The number of H-pyrrole nitrogens is 1. The third-order valence-corrected chi connectivity index (χ3v) is 3.69. The van der Waals surface area contributed by atoms with Gasteiger partial charge in [0, 0.05) is 17.4 Å². The molecule has 7 nitrogen and oxygen atoms in total. The van der Waals surface area contributed by atoms with Crippen LogP contribution in [0.4, 0.5) is 14.5 Å². The third kappa shape index (κ3) is 3.93. The monoisotopic (exact) mass is 368 g/mol. The summed E-state index contributed by atoms with van der Waals surface area (Å²) in [7, 11) is 2.56. The standard InChI is InChI=1S/C17H18F2N2O5/c1-8-13(16(23)25-4)9(2)20-14(8)15(22)21-10-5-6-11(24-3)12(7-10)26-17(18)19/h5-7,17,20H,1-4H3,(H,21,22). The van der Waals surface area contributed by atoms with Crippen LogP contribution in [-0.4, -0.2) is 37.7 Å². The largest absolute Gasteiger partial charge is 0.493 e. The molecule has 1 aromatic heterocycles. The van der Waals surface area contributed by atoms with Gasteiger partial charge < -0.3 is 24.5 Å². The first-order valence-electron chi connectivity index (χ1n) is 7.50. The third-order valence-electron chi connectivity index (χ3n) is 3.69. The van der Waals surface area contributed by atoms with Crippen molar-refractivity contribution in [3.8, 4) is 11.5 Å². The van der Waals surface area contributed by atoms with Crippen LogP contribution in [0.25, 0.3) is 0 Å². The van der Waals surface area contributed by atoms with Gasteiger partial charge in [-0.05, 0) is 31.5 Å². The molecule has 0 atom stereocenters. The first-order valence-corrected chi connectivity index (χ1v) is 7.50. The molecule has 0 saturated carbocycles. The summed E-state index contributed by atoms with van der Waals surface area (Å²) in [6.45, 7) is 0.202. The predicted octanol–water partition coefficient (Wildman–Crippen LogP) is 3.28. The van der Waals surface area contributed by atoms with Crippen LogP contribution in [0.15, 0.2) is 18.2 Å². The van der Waals surface area contributed by atoms with Crippen molar-refractivity contribution in [2.24, 2.45) is 0 Å². The van der Waals surface area contributed by atoms with E-state index in [-0.39, 0.29) is 28.4 Å². The molecule has 1 amide bonds. The number of anilines is 1. The minimum Gasteiger partial charge on any atom is -0.493 e. The van der Waals surface area contributed by atoms with Gasteiger partial charge in [0.2, 0.25) is 0 Å². The first kappa shape index (κ1) is 19.2. The molecule has 0 spiro atoms. The van der Waals surface area contributed by atoms with Gasteiger partial charge in [0.05, 0.1) is 19.8 Å². The van der Waals surface area contributed by atoms with Crippen molar-refractivity contribution in [3.05, 3.63) is 40.7 Å². The van der Waals surface area contributed by atoms with Crippen molar-refractivity contribution in [1.29, 1.82) is 0 Å². The number of aromatic nitrogens is 1. The molecule has 0 saturated heterocycles. The maximum Gasteiger partial charge on any atom is 0.387 e. The summed E-state index contributed by atoms with van der Waals surface area (Å²) < 4.78 is 39.0. The molecular formula is C17H18F2N2O5. The van der Waals surface area contributed by atoms with Gasteiger partial charge in [0.15, 0.2) is 11.5 Å². The second kappa shape index (κ2) is 7.85. The van der Waals surface area contributed by atoms with Gasteiger partial charge in [-0.25, -0.2) is 4.79 Å². The highest BCUT2D eigenvalue weighted by molar-refractivity contribution is 6.06. The van der Waals surface area contributed by atoms with E-state index < -0.39 is 18.5 Å². The Morgan fingerprint density at radius 2 is 1.85 bits per heavy atom. The molecule has 2 aromatic rings. The number of hydrogen-bond donors (Lipinski definition) is 2. The Bertz CT molecular complexity index is 833. The molecule has 0 radical (unpaired) electrons. The quantitative estimate of drug-likeness (QED) is 0.764. The molecule has 26 heavy (non-hydrogen) atoms. The Kier molecular flexibility index (Phi) is 5.81. The van der Waals surface area contributed by atoms with E-state index in [1.54, 1.807) is 13.8 Å². The zero-order chi connectivity index (χ0) is 19.4. The molecule has 9 heteroatoms. The van der Waals surface area contributed by atoms with Gasteiger partial charge >= 0.3 is 12.6 Å². The van der Waals surface area contributed by atoms with E-state index in [9.17, 15) is 18.4 Å². The average Bonchev–Trinajstić information content (AvgIpc) is 2.88. The van der Waals surface area contributed by atoms with E-state index in [4.69, 9.17) is 9.47 Å². The van der Waals surface area contributed by atoms with E-state index >= 15 is 0 Å². The minimum absolute atomic E-state index is 0.100. The van der Waals surface area contributed by atoms with Crippen molar-refractivity contribution in [2.45, 2.75) is 20.5 Å². The fraction of sp³-hybridized carbons (Fsp3) is 0.294. The van der Waals surface area contributed by atoms with Crippen LogP contribution >= 0.6 is 0 Å². The van der Waals surface area contributed by atoms with Crippen LogP contribution in [0.2, 0.25) is 0 Å². The fourth-order valence-electron chi connectivity index (χ4n) is 2.52. The van der Waals surface area contributed by atoms with Gasteiger partial charge in [-0.3, -0.25) is 4.79 Å². The fourth-order valence-corrected chi connectivity index (χ4v) is 2.52. The number of amides is 1. The first-order chi connectivity index (χ1) is 12.3. The lowest BCUT2D eigenvalue weighted by atomic mass is 10.1. The summed E-state index contributed by atoms with van der Waals surface area (Å²) >= 11 is 0. The normalized spacial score (nSPS) is 10.6. The summed E-state index contributed by atoms with van der Waals surface area (Å²) in [6, 6.07) is 4.08. The van der Waals surface area contributed by atoms with Crippen LogP contribution in [0, 0.1) is 13.8 Å². The van der Waals surface area contributed by atoms with Gasteiger partial charge in [-0.15, -0.1) is 0 Å². The highest BCUT2D eigenvalue weighted by Gasteiger charge is 2.23. The maximum absolute atomic E-state index is 12.5. The van der Waals surface area contributed by atoms with Crippen LogP contribution in [0.5, 0.6) is 11.5 Å². The zero-order valence-electron chi connectivity index (χ0n) is 14.6. The number of carbonyl (C=O) groups excluding carboxylic acids is 2. The highest BCUT2D eigenvalue weighted by Crippen LogP contribution is 2.31. The van der Waals surface area contributed by atoms with Crippen molar-refractivity contribution in [3.63, 3.8) is 0 Å². The molecule has 140 valence electrons. The predicted molar refractivity (Wildman–Crippen MR) is 89.2 cm³/mol. The molecular weight excluding hydrogens is 350 g/mol. The summed E-state index contributed by atoms with van der Waals surface area (Å²) in [6.07, 6.45) is 0. The van der Waals surface area contributed by atoms with Gasteiger partial charge in [-0.1, -0.05) is 0 Å². The van der Waals surface area contributed by atoms with Crippen molar-refractivity contribution < 1.29 is 32.6 Å². The lowest BCUT2D eigenvalue weighted by Crippen LogP contribution is -2.14. The highest BCUT2D eigenvalue weighted by atomic mass is 19.3. The molecule has 2 N–H and O–H groups in total. The Labute approximate surface area is 148 Å². The number of halogens is 2.